The maximum Gasteiger partial charge on any atom is 0.325 e. The van der Waals surface area contributed by atoms with E-state index in [4.69, 9.17) is 0 Å². The summed E-state index contributed by atoms with van der Waals surface area (Å²) in [5.74, 6) is -4.79. The first-order valence-electron chi connectivity index (χ1n) is 9.11. The van der Waals surface area contributed by atoms with Crippen LogP contribution in [-0.2, 0) is 15.1 Å². The molecule has 2 heterocycles. The number of hydrogen-bond donors (Lipinski definition) is 2. The van der Waals surface area contributed by atoms with Gasteiger partial charge in [-0.2, -0.15) is 0 Å². The van der Waals surface area contributed by atoms with Crippen LogP contribution in [0.4, 0.5) is 23.1 Å². The molecule has 2 aromatic rings. The number of thiazole rings is 1. The lowest BCUT2D eigenvalue weighted by molar-refractivity contribution is -0.133. The first kappa shape index (κ1) is 20.3. The number of amides is 4. The van der Waals surface area contributed by atoms with E-state index in [1.807, 2.05) is 0 Å². The number of nitrogens with zero attached hydrogens (tertiary/aromatic N) is 2. The molecule has 7 nitrogen and oxygen atoms in total. The van der Waals surface area contributed by atoms with Gasteiger partial charge in [-0.15, -0.1) is 11.3 Å². The molecule has 4 amide bonds. The second kappa shape index (κ2) is 7.08. The number of rotatable bonds is 5. The van der Waals surface area contributed by atoms with Crippen molar-refractivity contribution in [1.82, 2.24) is 15.2 Å². The summed E-state index contributed by atoms with van der Waals surface area (Å²) in [6.45, 7) is 0.928. The van der Waals surface area contributed by atoms with E-state index in [0.29, 0.717) is 11.3 Å². The highest BCUT2D eigenvalue weighted by Crippen LogP contribution is 2.48. The molecule has 2 aliphatic rings. The quantitative estimate of drug-likeness (QED) is 0.702. The fourth-order valence-electron chi connectivity index (χ4n) is 3.52. The van der Waals surface area contributed by atoms with Crippen molar-refractivity contribution in [2.45, 2.75) is 37.1 Å². The van der Waals surface area contributed by atoms with E-state index >= 15 is 0 Å². The topological polar surface area (TPSA) is 91.4 Å². The summed E-state index contributed by atoms with van der Waals surface area (Å²) >= 11 is 1.09. The number of anilines is 1. The predicted molar refractivity (Wildman–Crippen MR) is 102 cm³/mol. The molecule has 2 N–H and O–H groups in total. The maximum atomic E-state index is 13.2. The lowest BCUT2D eigenvalue weighted by atomic mass is 9.80. The summed E-state index contributed by atoms with van der Waals surface area (Å²) in [6, 6.07) is 4.37. The number of benzene rings is 1. The first-order chi connectivity index (χ1) is 14.1. The maximum absolute atomic E-state index is 13.2. The Kier molecular flexibility index (Phi) is 4.80. The molecule has 1 aliphatic heterocycles. The van der Waals surface area contributed by atoms with Crippen molar-refractivity contribution >= 4 is 34.3 Å². The summed E-state index contributed by atoms with van der Waals surface area (Å²) < 4.78 is 39.2. The monoisotopic (exact) mass is 438 g/mol. The molecule has 1 aromatic carbocycles. The standard InChI is InChI=1S/C19H17F3N4O3S/c1-18(11-2-4-12(20)5-3-11)15(28)26(17(29)25-18)8-14(27)24-16-23-13(9-30-16)10-6-19(21,22)7-10/h2-5,9-10H,6-8H2,1H3,(H,25,29)(H,23,24,27). The molecule has 1 aromatic heterocycles. The van der Waals surface area contributed by atoms with Crippen LogP contribution < -0.4 is 10.6 Å². The Labute approximate surface area is 173 Å². The Balaban J connectivity index is 1.40. The highest BCUT2D eigenvalue weighted by molar-refractivity contribution is 7.13. The largest absolute Gasteiger partial charge is 0.325 e. The van der Waals surface area contributed by atoms with Crippen molar-refractivity contribution in [3.8, 4) is 0 Å². The van der Waals surface area contributed by atoms with Crippen molar-refractivity contribution in [3.63, 3.8) is 0 Å². The van der Waals surface area contributed by atoms with E-state index in [0.717, 1.165) is 16.2 Å². The van der Waals surface area contributed by atoms with Crippen molar-refractivity contribution in [2.75, 3.05) is 11.9 Å². The van der Waals surface area contributed by atoms with Gasteiger partial charge in [0, 0.05) is 24.1 Å². The van der Waals surface area contributed by atoms with Gasteiger partial charge >= 0.3 is 6.03 Å². The average molecular weight is 438 g/mol. The van der Waals surface area contributed by atoms with Crippen LogP contribution in [0.25, 0.3) is 0 Å². The molecule has 158 valence electrons. The second-order valence-electron chi connectivity index (χ2n) is 7.54. The number of aromatic nitrogens is 1. The summed E-state index contributed by atoms with van der Waals surface area (Å²) in [6.07, 6.45) is -0.539. The first-order valence-corrected chi connectivity index (χ1v) is 9.99. The number of urea groups is 1. The van der Waals surface area contributed by atoms with Gasteiger partial charge in [-0.1, -0.05) is 12.1 Å². The SMILES string of the molecule is CC1(c2ccc(F)cc2)NC(=O)N(CC(=O)Nc2nc(C3CC(F)(F)C3)cs2)C1=O. The normalized spacial score (nSPS) is 23.3. The van der Waals surface area contributed by atoms with E-state index in [2.05, 4.69) is 15.6 Å². The molecule has 0 bridgehead atoms. The Morgan fingerprint density at radius 1 is 1.30 bits per heavy atom. The highest BCUT2D eigenvalue weighted by atomic mass is 32.1. The predicted octanol–water partition coefficient (Wildman–Crippen LogP) is 3.20. The van der Waals surface area contributed by atoms with Crippen molar-refractivity contribution in [3.05, 3.63) is 46.7 Å². The van der Waals surface area contributed by atoms with E-state index in [1.54, 1.807) is 5.38 Å². The Hall–Kier alpha value is -2.95. The van der Waals surface area contributed by atoms with Gasteiger partial charge in [0.15, 0.2) is 5.13 Å². The average Bonchev–Trinajstić information content (AvgIpc) is 3.19. The molecule has 0 radical (unpaired) electrons. The van der Waals surface area contributed by atoms with E-state index < -0.39 is 41.7 Å². The van der Waals surface area contributed by atoms with Gasteiger partial charge in [-0.3, -0.25) is 14.5 Å². The molecule has 1 saturated heterocycles. The Morgan fingerprint density at radius 3 is 2.60 bits per heavy atom. The fraction of sp³-hybridized carbons (Fsp3) is 0.368. The van der Waals surface area contributed by atoms with Crippen LogP contribution in [0.2, 0.25) is 0 Å². The number of imide groups is 1. The Morgan fingerprint density at radius 2 is 1.97 bits per heavy atom. The zero-order valence-electron chi connectivity index (χ0n) is 15.7. The number of alkyl halides is 2. The lowest BCUT2D eigenvalue weighted by Crippen LogP contribution is -2.42. The summed E-state index contributed by atoms with van der Waals surface area (Å²) in [4.78, 5) is 42.3. The summed E-state index contributed by atoms with van der Waals surface area (Å²) in [7, 11) is 0. The minimum atomic E-state index is -2.67. The van der Waals surface area contributed by atoms with Gasteiger partial charge in [-0.05, 0) is 24.6 Å². The number of halogens is 3. The zero-order chi connectivity index (χ0) is 21.7. The van der Waals surface area contributed by atoms with Gasteiger partial charge in [0.1, 0.15) is 17.9 Å². The van der Waals surface area contributed by atoms with E-state index in [9.17, 15) is 27.6 Å². The molecular weight excluding hydrogens is 421 g/mol. The number of carbonyl (C=O) groups excluding carboxylic acids is 3. The van der Waals surface area contributed by atoms with E-state index in [-0.39, 0.29) is 23.9 Å². The van der Waals surface area contributed by atoms with Crippen LogP contribution in [0.15, 0.2) is 29.6 Å². The van der Waals surface area contributed by atoms with Gasteiger partial charge in [0.25, 0.3) is 5.91 Å². The Bertz CT molecular complexity index is 1020. The van der Waals surface area contributed by atoms with Crippen LogP contribution >= 0.6 is 11.3 Å². The molecule has 1 aliphatic carbocycles. The molecule has 2 fully saturated rings. The van der Waals surface area contributed by atoms with Crippen LogP contribution in [-0.4, -0.2) is 40.2 Å². The third kappa shape index (κ3) is 3.64. The smallest absolute Gasteiger partial charge is 0.319 e. The molecule has 11 heteroatoms. The van der Waals surface area contributed by atoms with Gasteiger partial charge < -0.3 is 10.6 Å². The number of hydrogen-bond acceptors (Lipinski definition) is 5. The van der Waals surface area contributed by atoms with Crippen LogP contribution in [0.5, 0.6) is 0 Å². The van der Waals surface area contributed by atoms with Gasteiger partial charge in [0.05, 0.1) is 5.69 Å². The molecule has 1 atom stereocenters. The van der Waals surface area contributed by atoms with E-state index in [1.165, 1.54) is 31.2 Å². The fourth-order valence-corrected chi connectivity index (χ4v) is 4.33. The lowest BCUT2D eigenvalue weighted by Gasteiger charge is -2.33. The van der Waals surface area contributed by atoms with Crippen molar-refractivity contribution < 1.29 is 27.6 Å². The van der Waals surface area contributed by atoms with Crippen molar-refractivity contribution in [1.29, 1.82) is 0 Å². The summed E-state index contributed by atoms with van der Waals surface area (Å²) in [5.41, 5.74) is -0.554. The zero-order valence-corrected chi connectivity index (χ0v) is 16.6. The second-order valence-corrected chi connectivity index (χ2v) is 8.40. The number of nitrogens with one attached hydrogen (secondary N) is 2. The third-order valence-electron chi connectivity index (χ3n) is 5.27. The molecule has 1 saturated carbocycles. The summed E-state index contributed by atoms with van der Waals surface area (Å²) in [5, 5.41) is 6.83. The molecule has 4 rings (SSSR count). The molecule has 0 spiro atoms. The molecule has 30 heavy (non-hydrogen) atoms. The van der Waals surface area contributed by atoms with Crippen LogP contribution in [0.1, 0.15) is 36.9 Å². The van der Waals surface area contributed by atoms with Crippen LogP contribution in [0, 0.1) is 5.82 Å². The minimum Gasteiger partial charge on any atom is -0.319 e. The minimum absolute atomic E-state index is 0.207. The van der Waals surface area contributed by atoms with Gasteiger partial charge in [-0.25, -0.2) is 22.9 Å². The third-order valence-corrected chi connectivity index (χ3v) is 6.05. The van der Waals surface area contributed by atoms with Crippen LogP contribution in [0.3, 0.4) is 0 Å². The highest BCUT2D eigenvalue weighted by Gasteiger charge is 2.49. The van der Waals surface area contributed by atoms with Crippen molar-refractivity contribution in [2.24, 2.45) is 0 Å². The molecular formula is C19H17F3N4O3S. The van der Waals surface area contributed by atoms with Gasteiger partial charge in [0.2, 0.25) is 11.8 Å². The molecule has 1 unspecified atom stereocenters. The number of carbonyl (C=O) groups is 3.